The number of amides is 2. The summed E-state index contributed by atoms with van der Waals surface area (Å²) < 4.78 is 0. The van der Waals surface area contributed by atoms with E-state index in [-0.39, 0.29) is 6.03 Å². The minimum absolute atomic E-state index is 0.214. The molecule has 4 heterocycles. The van der Waals surface area contributed by atoms with Crippen molar-refractivity contribution < 1.29 is 4.79 Å². The highest BCUT2D eigenvalue weighted by atomic mass is 16.2. The van der Waals surface area contributed by atoms with Gasteiger partial charge in [-0.15, -0.1) is 0 Å². The number of hydrogen-bond donors (Lipinski definition) is 2. The van der Waals surface area contributed by atoms with E-state index in [1.54, 1.807) is 24.3 Å². The van der Waals surface area contributed by atoms with Crippen molar-refractivity contribution in [1.29, 1.82) is 5.26 Å². The second kappa shape index (κ2) is 10.6. The minimum atomic E-state index is -0.214. The molecule has 4 atom stereocenters. The van der Waals surface area contributed by atoms with Gasteiger partial charge in [-0.1, -0.05) is 12.1 Å². The molecule has 3 aliphatic heterocycles. The van der Waals surface area contributed by atoms with Crippen LogP contribution in [-0.2, 0) is 6.42 Å². The van der Waals surface area contributed by atoms with Crippen LogP contribution in [0.15, 0.2) is 48.7 Å². The van der Waals surface area contributed by atoms with Crippen molar-refractivity contribution in [2.75, 3.05) is 45.1 Å². The number of anilines is 1. The first-order valence-electron chi connectivity index (χ1n) is 11.5. The number of hydrogen-bond acceptors (Lipinski definition) is 5. The summed E-state index contributed by atoms with van der Waals surface area (Å²) in [7, 11) is 2.21. The van der Waals surface area contributed by atoms with Crippen LogP contribution in [0.25, 0.3) is 0 Å². The maximum Gasteiger partial charge on any atom is 0.319 e. The highest BCUT2D eigenvalue weighted by molar-refractivity contribution is 5.89. The third kappa shape index (κ3) is 5.84. The summed E-state index contributed by atoms with van der Waals surface area (Å²) in [6, 6.07) is 15.4. The minimum Gasteiger partial charge on any atom is -0.336 e. The Morgan fingerprint density at radius 2 is 2.22 bits per heavy atom. The molecule has 0 aliphatic carbocycles. The predicted molar refractivity (Wildman–Crippen MR) is 125 cm³/mol. The average Bonchev–Trinajstić information content (AvgIpc) is 2.83. The van der Waals surface area contributed by atoms with Gasteiger partial charge in [-0.05, 0) is 68.6 Å². The Morgan fingerprint density at radius 1 is 1.31 bits per heavy atom. The van der Waals surface area contributed by atoms with Crippen LogP contribution in [0.5, 0.6) is 0 Å². The van der Waals surface area contributed by atoms with Crippen LogP contribution in [0.2, 0.25) is 0 Å². The number of benzene rings is 1. The maximum atomic E-state index is 12.3. The molecule has 2 amide bonds. The van der Waals surface area contributed by atoms with Crippen molar-refractivity contribution in [3.63, 3.8) is 0 Å². The number of pyridine rings is 1. The summed E-state index contributed by atoms with van der Waals surface area (Å²) in [4.78, 5) is 21.7. The summed E-state index contributed by atoms with van der Waals surface area (Å²) in [5.74, 6) is 1.41. The van der Waals surface area contributed by atoms with Gasteiger partial charge < -0.3 is 15.5 Å². The molecule has 3 saturated heterocycles. The Hall–Kier alpha value is -2.95. The second-order valence-corrected chi connectivity index (χ2v) is 9.05. The Labute approximate surface area is 190 Å². The van der Waals surface area contributed by atoms with E-state index in [0.717, 1.165) is 50.6 Å². The number of nitrogens with one attached hydrogen (secondary N) is 2. The zero-order chi connectivity index (χ0) is 22.3. The van der Waals surface area contributed by atoms with Gasteiger partial charge in [-0.25, -0.2) is 4.79 Å². The first-order chi connectivity index (χ1) is 15.6. The third-order valence-electron chi connectivity index (χ3n) is 6.78. The lowest BCUT2D eigenvalue weighted by Crippen LogP contribution is -2.58. The second-order valence-electron chi connectivity index (χ2n) is 9.05. The number of urea groups is 1. The first kappa shape index (κ1) is 22.3. The summed E-state index contributed by atoms with van der Waals surface area (Å²) in [6.07, 6.45) is 5.24. The van der Waals surface area contributed by atoms with Crippen LogP contribution in [0.4, 0.5) is 10.5 Å². The molecule has 1 aromatic heterocycles. The van der Waals surface area contributed by atoms with Gasteiger partial charge in [-0.3, -0.25) is 9.88 Å². The number of nitrogens with zero attached hydrogens (tertiary/aromatic N) is 4. The third-order valence-corrected chi connectivity index (χ3v) is 6.78. The van der Waals surface area contributed by atoms with Gasteiger partial charge in [0.1, 0.15) is 0 Å². The van der Waals surface area contributed by atoms with Crippen molar-refractivity contribution in [3.8, 4) is 6.07 Å². The zero-order valence-electron chi connectivity index (χ0n) is 18.7. The van der Waals surface area contributed by atoms with Crippen LogP contribution in [-0.4, -0.2) is 66.6 Å². The molecule has 1 aromatic carbocycles. The van der Waals surface area contributed by atoms with Gasteiger partial charge in [0.25, 0.3) is 0 Å². The van der Waals surface area contributed by atoms with E-state index in [1.165, 1.54) is 6.42 Å². The van der Waals surface area contributed by atoms with E-state index in [2.05, 4.69) is 44.6 Å². The Balaban J connectivity index is 1.20. The lowest BCUT2D eigenvalue weighted by molar-refractivity contribution is -0.00803. The van der Waals surface area contributed by atoms with Crippen molar-refractivity contribution in [2.45, 2.75) is 25.3 Å². The number of aromatic nitrogens is 1. The van der Waals surface area contributed by atoms with Gasteiger partial charge in [-0.2, -0.15) is 5.26 Å². The number of carbonyl (C=O) groups is 1. The number of likely N-dealkylation sites (N-methyl/N-ethyl adjacent to an activating group) is 1. The summed E-state index contributed by atoms with van der Waals surface area (Å²) in [5, 5.41) is 14.9. The van der Waals surface area contributed by atoms with Gasteiger partial charge in [0.2, 0.25) is 0 Å². The maximum absolute atomic E-state index is 12.3. The molecule has 2 aromatic rings. The van der Waals surface area contributed by atoms with Crippen LogP contribution >= 0.6 is 0 Å². The molecule has 0 radical (unpaired) electrons. The predicted octanol–water partition coefficient (Wildman–Crippen LogP) is 2.96. The average molecular weight is 433 g/mol. The van der Waals surface area contributed by atoms with Gasteiger partial charge in [0.05, 0.1) is 11.6 Å². The standard InChI is InChI=1S/C25H32N6O/c1-30(11-9-22-6-2-3-10-27-22)17-21-18-31-12-8-20(21)14-24(31)16-28-25(32)29-23-7-4-5-19(13-23)15-26/h2-7,10,13,20-21,24H,8-9,11-12,14,16-18H2,1H3,(H2,28,29,32)/t20-,21+,24+/m0/s1. The lowest BCUT2D eigenvalue weighted by atomic mass is 9.75. The van der Waals surface area contributed by atoms with Crippen molar-refractivity contribution in [1.82, 2.24) is 20.1 Å². The number of carbonyl (C=O) groups excluding carboxylic acids is 1. The van der Waals surface area contributed by atoms with Gasteiger partial charge in [0.15, 0.2) is 0 Å². The van der Waals surface area contributed by atoms with E-state index in [1.807, 2.05) is 18.3 Å². The monoisotopic (exact) mass is 432 g/mol. The Bertz CT molecular complexity index is 943. The molecular formula is C25H32N6O. The fourth-order valence-electron chi connectivity index (χ4n) is 5.06. The highest BCUT2D eigenvalue weighted by Gasteiger charge is 2.40. The number of nitriles is 1. The topological polar surface area (TPSA) is 84.3 Å². The summed E-state index contributed by atoms with van der Waals surface area (Å²) in [5.41, 5.74) is 2.33. The first-order valence-corrected chi connectivity index (χ1v) is 11.5. The molecular weight excluding hydrogens is 400 g/mol. The molecule has 2 N–H and O–H groups in total. The van der Waals surface area contributed by atoms with E-state index in [0.29, 0.717) is 29.8 Å². The molecule has 3 fully saturated rings. The summed E-state index contributed by atoms with van der Waals surface area (Å²) in [6.45, 7) is 5.03. The molecule has 32 heavy (non-hydrogen) atoms. The molecule has 7 heteroatoms. The SMILES string of the molecule is CN(CCc1ccccn1)C[C@@H]1CN2CC[C@H]1C[C@@H]2CNC(=O)Nc1cccc(C#N)c1. The zero-order valence-corrected chi connectivity index (χ0v) is 18.7. The van der Waals surface area contributed by atoms with E-state index < -0.39 is 0 Å². The summed E-state index contributed by atoms with van der Waals surface area (Å²) >= 11 is 0. The van der Waals surface area contributed by atoms with Crippen LogP contribution < -0.4 is 10.6 Å². The smallest absolute Gasteiger partial charge is 0.319 e. The molecule has 0 saturated carbocycles. The molecule has 1 unspecified atom stereocenters. The number of piperidine rings is 3. The van der Waals surface area contributed by atoms with Gasteiger partial charge >= 0.3 is 6.03 Å². The van der Waals surface area contributed by atoms with Gasteiger partial charge in [0, 0.05) is 56.2 Å². The number of fused-ring (bicyclic) bond motifs is 3. The molecule has 168 valence electrons. The van der Waals surface area contributed by atoms with Crippen molar-refractivity contribution in [2.24, 2.45) is 11.8 Å². The fraction of sp³-hybridized carbons (Fsp3) is 0.480. The van der Waals surface area contributed by atoms with Crippen LogP contribution in [0, 0.1) is 23.2 Å². The van der Waals surface area contributed by atoms with E-state index >= 15 is 0 Å². The van der Waals surface area contributed by atoms with E-state index in [4.69, 9.17) is 5.26 Å². The Kier molecular flexibility index (Phi) is 7.35. The lowest BCUT2D eigenvalue weighted by Gasteiger charge is -2.50. The molecule has 0 spiro atoms. The largest absolute Gasteiger partial charge is 0.336 e. The van der Waals surface area contributed by atoms with Crippen LogP contribution in [0.3, 0.4) is 0 Å². The van der Waals surface area contributed by atoms with E-state index in [9.17, 15) is 4.79 Å². The quantitative estimate of drug-likeness (QED) is 0.670. The highest BCUT2D eigenvalue weighted by Crippen LogP contribution is 2.36. The number of rotatable bonds is 8. The fourth-order valence-corrected chi connectivity index (χ4v) is 5.06. The van der Waals surface area contributed by atoms with Crippen molar-refractivity contribution in [3.05, 3.63) is 59.9 Å². The Morgan fingerprint density at radius 3 is 2.97 bits per heavy atom. The molecule has 5 rings (SSSR count). The normalized spacial score (nSPS) is 24.2. The molecule has 3 aliphatic rings. The molecule has 2 bridgehead atoms. The van der Waals surface area contributed by atoms with Crippen LogP contribution in [0.1, 0.15) is 24.1 Å². The molecule has 7 nitrogen and oxygen atoms in total. The van der Waals surface area contributed by atoms with Crippen molar-refractivity contribution >= 4 is 11.7 Å².